The fourth-order valence-electron chi connectivity index (χ4n) is 1.96. The summed E-state index contributed by atoms with van der Waals surface area (Å²) in [4.78, 5) is 22.9. The summed E-state index contributed by atoms with van der Waals surface area (Å²) < 4.78 is 5.86. The van der Waals surface area contributed by atoms with Crippen LogP contribution in [0.4, 0.5) is 0 Å². The van der Waals surface area contributed by atoms with Crippen LogP contribution in [-0.2, 0) is 11.2 Å². The van der Waals surface area contributed by atoms with Crippen molar-refractivity contribution >= 4 is 16.8 Å². The van der Waals surface area contributed by atoms with Gasteiger partial charge in [0.1, 0.15) is 12.0 Å². The van der Waals surface area contributed by atoms with Gasteiger partial charge in [-0.3, -0.25) is 4.79 Å². The average Bonchev–Trinajstić information content (AvgIpc) is 2.91. The van der Waals surface area contributed by atoms with Crippen LogP contribution in [0.5, 0.6) is 5.88 Å². The Hall–Kier alpha value is -2.17. The van der Waals surface area contributed by atoms with Crippen molar-refractivity contribution in [1.82, 2.24) is 15.0 Å². The van der Waals surface area contributed by atoms with E-state index in [0.717, 1.165) is 23.0 Å². The quantitative estimate of drug-likeness (QED) is 0.794. The van der Waals surface area contributed by atoms with E-state index in [1.807, 2.05) is 26.1 Å². The molecule has 2 heterocycles. The lowest BCUT2D eigenvalue weighted by Gasteiger charge is -2.12. The molecule has 2 aromatic heterocycles. The molecule has 1 N–H and O–H groups in total. The molecule has 2 aromatic rings. The van der Waals surface area contributed by atoms with Crippen LogP contribution in [0, 0.1) is 0 Å². The van der Waals surface area contributed by atoms with Gasteiger partial charge in [0.2, 0.25) is 5.88 Å². The summed E-state index contributed by atoms with van der Waals surface area (Å²) in [6.07, 6.45) is 9.07. The molecule has 0 aliphatic carbocycles. The number of fused-ring (bicyclic) bond motifs is 1. The molecule has 5 nitrogen and oxygen atoms in total. The first-order valence-corrected chi connectivity index (χ1v) is 7.32. The monoisotopic (exact) mass is 287 g/mol. The van der Waals surface area contributed by atoms with Crippen LogP contribution in [0.1, 0.15) is 39.2 Å². The number of rotatable bonds is 7. The largest absolute Gasteiger partial charge is 0.474 e. The van der Waals surface area contributed by atoms with Crippen LogP contribution in [0.2, 0.25) is 0 Å². The van der Waals surface area contributed by atoms with Gasteiger partial charge in [-0.05, 0) is 31.4 Å². The number of carbonyl (C=O) groups excluding carboxylic acids is 1. The van der Waals surface area contributed by atoms with E-state index in [1.54, 1.807) is 6.08 Å². The number of carbonyl (C=O) groups is 1. The van der Waals surface area contributed by atoms with Crippen molar-refractivity contribution in [3.63, 3.8) is 0 Å². The van der Waals surface area contributed by atoms with Crippen LogP contribution in [0.3, 0.4) is 0 Å². The Kier molecular flexibility index (Phi) is 5.09. The maximum absolute atomic E-state index is 11.3. The van der Waals surface area contributed by atoms with E-state index in [2.05, 4.69) is 21.9 Å². The number of ketones is 1. The highest BCUT2D eigenvalue weighted by Gasteiger charge is 2.13. The number of nitrogens with zero attached hydrogens (tertiary/aromatic N) is 2. The van der Waals surface area contributed by atoms with Crippen molar-refractivity contribution in [3.8, 4) is 5.88 Å². The van der Waals surface area contributed by atoms with Crippen molar-refractivity contribution in [2.75, 3.05) is 0 Å². The Bertz CT molecular complexity index is 646. The molecule has 1 atom stereocenters. The molecule has 2 rings (SSSR count). The summed E-state index contributed by atoms with van der Waals surface area (Å²) in [7, 11) is 0. The molecule has 0 spiro atoms. The Labute approximate surface area is 124 Å². The molecule has 0 radical (unpaired) electrons. The zero-order valence-corrected chi connectivity index (χ0v) is 12.7. The van der Waals surface area contributed by atoms with Gasteiger partial charge in [-0.25, -0.2) is 9.97 Å². The second-order valence-corrected chi connectivity index (χ2v) is 4.98. The molecule has 0 bridgehead atoms. The standard InChI is InChI=1S/C16H21N3O2/c1-4-11(3)21-16-14-12(7-6-8-13(20)5-2)9-17-15(14)18-10-19-16/h6,8-11H,4-5,7H2,1-3H3,(H,17,18,19)/b8-6+. The van der Waals surface area contributed by atoms with Gasteiger partial charge < -0.3 is 9.72 Å². The van der Waals surface area contributed by atoms with Gasteiger partial charge in [-0.15, -0.1) is 0 Å². The summed E-state index contributed by atoms with van der Waals surface area (Å²) in [5.74, 6) is 0.725. The maximum atomic E-state index is 11.3. The molecule has 0 aliphatic heterocycles. The lowest BCUT2D eigenvalue weighted by molar-refractivity contribution is -0.114. The van der Waals surface area contributed by atoms with Crippen LogP contribution in [-0.4, -0.2) is 26.8 Å². The van der Waals surface area contributed by atoms with Gasteiger partial charge in [0.25, 0.3) is 0 Å². The normalized spacial score (nSPS) is 12.9. The van der Waals surface area contributed by atoms with Crippen LogP contribution >= 0.6 is 0 Å². The van der Waals surface area contributed by atoms with Crippen LogP contribution in [0.25, 0.3) is 11.0 Å². The number of hydrogen-bond acceptors (Lipinski definition) is 4. The van der Waals surface area contributed by atoms with Gasteiger partial charge in [0.15, 0.2) is 5.78 Å². The molecular formula is C16H21N3O2. The van der Waals surface area contributed by atoms with E-state index in [1.165, 1.54) is 6.33 Å². The summed E-state index contributed by atoms with van der Waals surface area (Å²) in [6.45, 7) is 5.94. The highest BCUT2D eigenvalue weighted by molar-refractivity contribution is 5.89. The minimum Gasteiger partial charge on any atom is -0.474 e. The van der Waals surface area contributed by atoms with E-state index in [-0.39, 0.29) is 11.9 Å². The van der Waals surface area contributed by atoms with Crippen molar-refractivity contribution in [2.45, 2.75) is 46.1 Å². The first-order chi connectivity index (χ1) is 10.2. The topological polar surface area (TPSA) is 67.9 Å². The maximum Gasteiger partial charge on any atom is 0.226 e. The van der Waals surface area contributed by atoms with E-state index in [9.17, 15) is 4.79 Å². The van der Waals surface area contributed by atoms with Gasteiger partial charge in [0.05, 0.1) is 11.5 Å². The molecule has 0 amide bonds. The number of aromatic amines is 1. The van der Waals surface area contributed by atoms with Gasteiger partial charge in [0, 0.05) is 12.6 Å². The van der Waals surface area contributed by atoms with E-state index < -0.39 is 0 Å². The Morgan fingerprint density at radius 3 is 2.95 bits per heavy atom. The molecular weight excluding hydrogens is 266 g/mol. The number of ether oxygens (including phenoxy) is 1. The fraction of sp³-hybridized carbons (Fsp3) is 0.438. The predicted molar refractivity (Wildman–Crippen MR) is 82.4 cm³/mol. The summed E-state index contributed by atoms with van der Waals surface area (Å²) in [5, 5.41) is 0.895. The molecule has 0 saturated heterocycles. The molecule has 1 unspecified atom stereocenters. The van der Waals surface area contributed by atoms with Crippen LogP contribution < -0.4 is 4.74 Å². The van der Waals surface area contributed by atoms with Crippen molar-refractivity contribution in [3.05, 3.63) is 30.2 Å². The molecule has 5 heteroatoms. The third-order valence-corrected chi connectivity index (χ3v) is 3.39. The van der Waals surface area contributed by atoms with Gasteiger partial charge in [-0.1, -0.05) is 19.9 Å². The fourth-order valence-corrected chi connectivity index (χ4v) is 1.96. The number of H-pyrrole nitrogens is 1. The summed E-state index contributed by atoms with van der Waals surface area (Å²) in [6, 6.07) is 0. The second-order valence-electron chi connectivity index (χ2n) is 4.98. The first kappa shape index (κ1) is 15.2. The lowest BCUT2D eigenvalue weighted by Crippen LogP contribution is -2.11. The smallest absolute Gasteiger partial charge is 0.226 e. The molecule has 0 aliphatic rings. The molecule has 0 aromatic carbocycles. The molecule has 21 heavy (non-hydrogen) atoms. The molecule has 112 valence electrons. The SMILES string of the molecule is CCC(=O)/C=C/Cc1c[nH]c2ncnc(OC(C)CC)c12. The third kappa shape index (κ3) is 3.68. The molecule has 0 fully saturated rings. The highest BCUT2D eigenvalue weighted by Crippen LogP contribution is 2.26. The van der Waals surface area contributed by atoms with E-state index >= 15 is 0 Å². The Balaban J connectivity index is 2.28. The highest BCUT2D eigenvalue weighted by atomic mass is 16.5. The van der Waals surface area contributed by atoms with Gasteiger partial charge >= 0.3 is 0 Å². The lowest BCUT2D eigenvalue weighted by atomic mass is 10.1. The first-order valence-electron chi connectivity index (χ1n) is 7.32. The van der Waals surface area contributed by atoms with E-state index in [0.29, 0.717) is 18.7 Å². The summed E-state index contributed by atoms with van der Waals surface area (Å²) in [5.41, 5.74) is 1.79. The van der Waals surface area contributed by atoms with E-state index in [4.69, 9.17) is 4.74 Å². The number of nitrogens with one attached hydrogen (secondary N) is 1. The average molecular weight is 287 g/mol. The molecule has 0 saturated carbocycles. The number of hydrogen-bond donors (Lipinski definition) is 1. The van der Waals surface area contributed by atoms with Crippen molar-refractivity contribution < 1.29 is 9.53 Å². The van der Waals surface area contributed by atoms with Crippen molar-refractivity contribution in [1.29, 1.82) is 0 Å². The number of aromatic nitrogens is 3. The zero-order valence-electron chi connectivity index (χ0n) is 12.7. The van der Waals surface area contributed by atoms with Crippen molar-refractivity contribution in [2.24, 2.45) is 0 Å². The zero-order chi connectivity index (χ0) is 15.2. The predicted octanol–water partition coefficient (Wildman–Crippen LogP) is 3.21. The Morgan fingerprint density at radius 1 is 1.43 bits per heavy atom. The van der Waals surface area contributed by atoms with Crippen LogP contribution in [0.15, 0.2) is 24.7 Å². The number of allylic oxidation sites excluding steroid dienone is 2. The summed E-state index contributed by atoms with van der Waals surface area (Å²) >= 11 is 0. The Morgan fingerprint density at radius 2 is 2.24 bits per heavy atom. The third-order valence-electron chi connectivity index (χ3n) is 3.39. The second kappa shape index (κ2) is 7.02. The minimum atomic E-state index is 0.100. The van der Waals surface area contributed by atoms with Gasteiger partial charge in [-0.2, -0.15) is 0 Å². The minimum absolute atomic E-state index is 0.100.